The molecule has 0 saturated heterocycles. The number of rotatable bonds is 4. The second kappa shape index (κ2) is 6.11. The lowest BCUT2D eigenvalue weighted by molar-refractivity contribution is -0.142. The van der Waals surface area contributed by atoms with Gasteiger partial charge in [0.05, 0.1) is 7.11 Å². The zero-order valence-corrected chi connectivity index (χ0v) is 9.87. The van der Waals surface area contributed by atoms with E-state index in [1.54, 1.807) is 0 Å². The topological polar surface area (TPSA) is 52.3 Å². The number of esters is 1. The minimum atomic E-state index is -0.118. The van der Waals surface area contributed by atoms with Gasteiger partial charge in [-0.3, -0.25) is 4.79 Å². The third-order valence-electron chi connectivity index (χ3n) is 3.50. The van der Waals surface area contributed by atoms with Gasteiger partial charge < -0.3 is 10.5 Å². The van der Waals surface area contributed by atoms with Crippen LogP contribution >= 0.6 is 0 Å². The Morgan fingerprint density at radius 1 is 1.47 bits per heavy atom. The van der Waals surface area contributed by atoms with Crippen LogP contribution in [-0.2, 0) is 9.53 Å². The average molecular weight is 213 g/mol. The minimum absolute atomic E-state index is 0.118. The van der Waals surface area contributed by atoms with Crippen LogP contribution in [0, 0.1) is 11.8 Å². The van der Waals surface area contributed by atoms with Crippen LogP contribution < -0.4 is 5.73 Å². The largest absolute Gasteiger partial charge is 0.469 e. The molecule has 0 aromatic carbocycles. The van der Waals surface area contributed by atoms with Crippen LogP contribution in [-0.4, -0.2) is 19.1 Å². The molecule has 3 unspecified atom stereocenters. The van der Waals surface area contributed by atoms with E-state index in [0.29, 0.717) is 12.3 Å². The minimum Gasteiger partial charge on any atom is -0.469 e. The van der Waals surface area contributed by atoms with Crippen LogP contribution in [0.4, 0.5) is 0 Å². The molecule has 2 N–H and O–H groups in total. The molecule has 0 spiro atoms. The molecule has 0 aromatic rings. The fraction of sp³-hybridized carbons (Fsp3) is 0.917. The van der Waals surface area contributed by atoms with Crippen molar-refractivity contribution in [3.05, 3.63) is 0 Å². The van der Waals surface area contributed by atoms with Crippen LogP contribution in [0.5, 0.6) is 0 Å². The molecular formula is C12H23NO2. The number of hydrogen-bond donors (Lipinski definition) is 1. The highest BCUT2D eigenvalue weighted by Gasteiger charge is 2.29. The first-order chi connectivity index (χ1) is 7.17. The van der Waals surface area contributed by atoms with Gasteiger partial charge in [-0.05, 0) is 31.1 Å². The summed E-state index contributed by atoms with van der Waals surface area (Å²) in [4.78, 5) is 11.2. The number of methoxy groups -OCH3 is 1. The molecule has 1 aliphatic rings. The molecular weight excluding hydrogens is 190 g/mol. The van der Waals surface area contributed by atoms with Gasteiger partial charge in [-0.25, -0.2) is 0 Å². The average Bonchev–Trinajstić information content (AvgIpc) is 2.23. The second-order valence-electron chi connectivity index (χ2n) is 4.67. The summed E-state index contributed by atoms with van der Waals surface area (Å²) in [6, 6.07) is 0.192. The zero-order chi connectivity index (χ0) is 11.3. The summed E-state index contributed by atoms with van der Waals surface area (Å²) in [5.41, 5.74) is 6.03. The highest BCUT2D eigenvalue weighted by Crippen LogP contribution is 2.33. The third kappa shape index (κ3) is 3.82. The Morgan fingerprint density at radius 2 is 2.20 bits per heavy atom. The van der Waals surface area contributed by atoms with E-state index in [1.165, 1.54) is 26.4 Å². The first kappa shape index (κ1) is 12.5. The summed E-state index contributed by atoms with van der Waals surface area (Å²) in [6.45, 7) is 2.21. The predicted octanol–water partition coefficient (Wildman–Crippen LogP) is 2.09. The van der Waals surface area contributed by atoms with Crippen LogP contribution in [0.3, 0.4) is 0 Å². The monoisotopic (exact) mass is 213 g/mol. The van der Waals surface area contributed by atoms with Crippen molar-refractivity contribution in [1.82, 2.24) is 0 Å². The molecule has 15 heavy (non-hydrogen) atoms. The summed E-state index contributed by atoms with van der Waals surface area (Å²) < 4.78 is 4.70. The van der Waals surface area contributed by atoms with Gasteiger partial charge in [-0.1, -0.05) is 19.8 Å². The molecule has 1 fully saturated rings. The van der Waals surface area contributed by atoms with E-state index in [1.807, 2.05) is 0 Å². The van der Waals surface area contributed by atoms with Crippen LogP contribution in [0.2, 0.25) is 0 Å². The first-order valence-corrected chi connectivity index (χ1v) is 5.99. The molecule has 1 saturated carbocycles. The van der Waals surface area contributed by atoms with Crippen molar-refractivity contribution >= 4 is 5.97 Å². The second-order valence-corrected chi connectivity index (χ2v) is 4.67. The van der Waals surface area contributed by atoms with Gasteiger partial charge in [0.1, 0.15) is 0 Å². The Balaban J connectivity index is 2.42. The zero-order valence-electron chi connectivity index (χ0n) is 9.87. The third-order valence-corrected chi connectivity index (χ3v) is 3.50. The smallest absolute Gasteiger partial charge is 0.305 e. The molecule has 3 nitrogen and oxygen atoms in total. The van der Waals surface area contributed by atoms with Crippen molar-refractivity contribution < 1.29 is 9.53 Å². The van der Waals surface area contributed by atoms with Gasteiger partial charge in [-0.15, -0.1) is 0 Å². The van der Waals surface area contributed by atoms with E-state index >= 15 is 0 Å². The number of nitrogens with two attached hydrogens (primary N) is 1. The van der Waals surface area contributed by atoms with Gasteiger partial charge in [0.25, 0.3) is 0 Å². The lowest BCUT2D eigenvalue weighted by Crippen LogP contribution is -2.37. The van der Waals surface area contributed by atoms with Gasteiger partial charge >= 0.3 is 5.97 Å². The van der Waals surface area contributed by atoms with E-state index in [-0.39, 0.29) is 12.0 Å². The Bertz CT molecular complexity index is 206. The number of carbonyl (C=O) groups excluding carboxylic acids is 1. The van der Waals surface area contributed by atoms with Gasteiger partial charge in [0.2, 0.25) is 0 Å². The van der Waals surface area contributed by atoms with Crippen LogP contribution in [0.1, 0.15) is 45.4 Å². The van der Waals surface area contributed by atoms with Gasteiger partial charge in [0.15, 0.2) is 0 Å². The molecule has 3 atom stereocenters. The van der Waals surface area contributed by atoms with Crippen molar-refractivity contribution in [2.45, 2.75) is 51.5 Å². The van der Waals surface area contributed by atoms with Crippen molar-refractivity contribution in [3.63, 3.8) is 0 Å². The Hall–Kier alpha value is -0.570. The van der Waals surface area contributed by atoms with E-state index in [9.17, 15) is 4.79 Å². The van der Waals surface area contributed by atoms with Gasteiger partial charge in [0, 0.05) is 12.5 Å². The van der Waals surface area contributed by atoms with Crippen molar-refractivity contribution in [1.29, 1.82) is 0 Å². The normalized spacial score (nSPS) is 31.3. The molecule has 88 valence electrons. The standard InChI is InChI=1S/C12H23NO2/c1-3-4-9-5-6-11(13)10(7-9)8-12(14)15-2/h9-11H,3-8,13H2,1-2H3. The molecule has 0 amide bonds. The molecule has 0 radical (unpaired) electrons. The number of carbonyl (C=O) groups is 1. The fourth-order valence-electron chi connectivity index (χ4n) is 2.59. The first-order valence-electron chi connectivity index (χ1n) is 5.99. The Labute approximate surface area is 92.4 Å². The van der Waals surface area contributed by atoms with Crippen LogP contribution in [0.25, 0.3) is 0 Å². The molecule has 0 heterocycles. The summed E-state index contributed by atoms with van der Waals surface area (Å²) in [5, 5.41) is 0. The van der Waals surface area contributed by atoms with Crippen molar-refractivity contribution in [2.75, 3.05) is 7.11 Å². The highest BCUT2D eigenvalue weighted by atomic mass is 16.5. The number of hydrogen-bond acceptors (Lipinski definition) is 3. The van der Waals surface area contributed by atoms with Crippen molar-refractivity contribution in [3.8, 4) is 0 Å². The van der Waals surface area contributed by atoms with E-state index in [4.69, 9.17) is 10.5 Å². The molecule has 1 aliphatic carbocycles. The summed E-state index contributed by atoms with van der Waals surface area (Å²) in [6.07, 6.45) is 6.39. The van der Waals surface area contributed by atoms with Gasteiger partial charge in [-0.2, -0.15) is 0 Å². The van der Waals surface area contributed by atoms with E-state index in [2.05, 4.69) is 6.92 Å². The van der Waals surface area contributed by atoms with E-state index < -0.39 is 0 Å². The lowest BCUT2D eigenvalue weighted by atomic mass is 9.75. The highest BCUT2D eigenvalue weighted by molar-refractivity contribution is 5.69. The van der Waals surface area contributed by atoms with Crippen LogP contribution in [0.15, 0.2) is 0 Å². The molecule has 0 bridgehead atoms. The molecule has 0 aliphatic heterocycles. The SMILES string of the molecule is CCCC1CCC(N)C(CC(=O)OC)C1. The maximum absolute atomic E-state index is 11.2. The van der Waals surface area contributed by atoms with Crippen molar-refractivity contribution in [2.24, 2.45) is 17.6 Å². The quantitative estimate of drug-likeness (QED) is 0.727. The maximum Gasteiger partial charge on any atom is 0.305 e. The summed E-state index contributed by atoms with van der Waals surface area (Å²) in [5.74, 6) is 0.986. The molecule has 1 rings (SSSR count). The number of ether oxygens (including phenoxy) is 1. The molecule has 0 aromatic heterocycles. The fourth-order valence-corrected chi connectivity index (χ4v) is 2.59. The predicted molar refractivity (Wildman–Crippen MR) is 60.3 cm³/mol. The summed E-state index contributed by atoms with van der Waals surface area (Å²) >= 11 is 0. The summed E-state index contributed by atoms with van der Waals surface area (Å²) in [7, 11) is 1.44. The molecule has 3 heteroatoms. The Kier molecular flexibility index (Phi) is 5.09. The van der Waals surface area contributed by atoms with E-state index in [0.717, 1.165) is 18.8 Å². The maximum atomic E-state index is 11.2. The lowest BCUT2D eigenvalue weighted by Gasteiger charge is -2.33. The Morgan fingerprint density at radius 3 is 2.80 bits per heavy atom.